The summed E-state index contributed by atoms with van der Waals surface area (Å²) in [6.07, 6.45) is 10.6. The molecule has 0 unspecified atom stereocenters. The summed E-state index contributed by atoms with van der Waals surface area (Å²) in [5.41, 5.74) is 4.52. The Morgan fingerprint density at radius 1 is 1.26 bits per heavy atom. The Morgan fingerprint density at radius 3 is 2.79 bits per heavy atom. The summed E-state index contributed by atoms with van der Waals surface area (Å²) in [4.78, 5) is 0. The summed E-state index contributed by atoms with van der Waals surface area (Å²) >= 11 is 0. The van der Waals surface area contributed by atoms with Gasteiger partial charge in [0.05, 0.1) is 7.11 Å². The van der Waals surface area contributed by atoms with Gasteiger partial charge in [-0.15, -0.1) is 0 Å². The first kappa shape index (κ1) is 12.1. The van der Waals surface area contributed by atoms with Crippen LogP contribution in [0.15, 0.2) is 47.3 Å². The van der Waals surface area contributed by atoms with Gasteiger partial charge in [0.15, 0.2) is 0 Å². The van der Waals surface area contributed by atoms with E-state index in [1.807, 2.05) is 12.1 Å². The van der Waals surface area contributed by atoms with Crippen LogP contribution in [-0.2, 0) is 11.2 Å². The van der Waals surface area contributed by atoms with E-state index < -0.39 is 0 Å². The van der Waals surface area contributed by atoms with Gasteiger partial charge in [-0.25, -0.2) is 0 Å². The molecule has 0 radical (unpaired) electrons. The Hall–Kier alpha value is -1.96. The Labute approximate surface area is 113 Å². The maximum atomic E-state index is 10.0. The van der Waals surface area contributed by atoms with Crippen molar-refractivity contribution in [2.75, 3.05) is 7.11 Å². The van der Waals surface area contributed by atoms with Crippen LogP contribution in [0.4, 0.5) is 0 Å². The summed E-state index contributed by atoms with van der Waals surface area (Å²) in [5.74, 6) is 1.33. The van der Waals surface area contributed by atoms with Gasteiger partial charge < -0.3 is 9.84 Å². The Kier molecular flexibility index (Phi) is 3.16. The Bertz CT molecular complexity index is 585. The summed E-state index contributed by atoms with van der Waals surface area (Å²) in [6, 6.07) is 5.69. The molecule has 3 rings (SSSR count). The molecule has 2 aliphatic carbocycles. The van der Waals surface area contributed by atoms with Crippen molar-refractivity contribution in [1.82, 2.24) is 0 Å². The zero-order valence-electron chi connectivity index (χ0n) is 11.1. The second-order valence-corrected chi connectivity index (χ2v) is 5.05. The van der Waals surface area contributed by atoms with Gasteiger partial charge in [0.1, 0.15) is 11.5 Å². The number of phenols is 1. The smallest absolute Gasteiger partial charge is 0.125 e. The zero-order chi connectivity index (χ0) is 13.2. The molecule has 0 saturated heterocycles. The number of rotatable bonds is 2. The lowest BCUT2D eigenvalue weighted by Crippen LogP contribution is -2.05. The number of methoxy groups -OCH3 is 1. The highest BCUT2D eigenvalue weighted by Gasteiger charge is 2.19. The average Bonchev–Trinajstić information content (AvgIpc) is 2.56. The fourth-order valence-corrected chi connectivity index (χ4v) is 2.65. The van der Waals surface area contributed by atoms with Crippen molar-refractivity contribution in [3.63, 3.8) is 0 Å². The molecular weight excluding hydrogens is 236 g/mol. The van der Waals surface area contributed by atoms with E-state index >= 15 is 0 Å². The van der Waals surface area contributed by atoms with E-state index in [4.69, 9.17) is 4.74 Å². The van der Waals surface area contributed by atoms with Crippen LogP contribution in [0.5, 0.6) is 5.75 Å². The minimum Gasteiger partial charge on any atom is -0.507 e. The van der Waals surface area contributed by atoms with Crippen LogP contribution in [0.25, 0.3) is 6.08 Å². The lowest BCUT2D eigenvalue weighted by molar-refractivity contribution is 0.290. The van der Waals surface area contributed by atoms with Crippen LogP contribution in [0.2, 0.25) is 0 Å². The Morgan fingerprint density at radius 2 is 2.11 bits per heavy atom. The van der Waals surface area contributed by atoms with Gasteiger partial charge in [-0.2, -0.15) is 0 Å². The van der Waals surface area contributed by atoms with E-state index in [2.05, 4.69) is 18.2 Å². The number of phenolic OH excluding ortho intramolecular Hbond substituents is 1. The van der Waals surface area contributed by atoms with Crippen LogP contribution in [0.3, 0.4) is 0 Å². The van der Waals surface area contributed by atoms with Gasteiger partial charge in [-0.1, -0.05) is 24.3 Å². The molecule has 0 aromatic heterocycles. The van der Waals surface area contributed by atoms with Crippen LogP contribution in [0, 0.1) is 0 Å². The molecule has 1 fully saturated rings. The molecule has 0 heterocycles. The molecule has 2 heteroatoms. The van der Waals surface area contributed by atoms with Crippen LogP contribution in [-0.4, -0.2) is 12.2 Å². The molecule has 1 aromatic carbocycles. The predicted molar refractivity (Wildman–Crippen MR) is 76.8 cm³/mol. The fourth-order valence-electron chi connectivity index (χ4n) is 2.65. The van der Waals surface area contributed by atoms with Crippen molar-refractivity contribution in [1.29, 1.82) is 0 Å². The third-order valence-electron chi connectivity index (χ3n) is 3.85. The number of benzene rings is 1. The first-order valence-electron chi connectivity index (χ1n) is 6.75. The van der Waals surface area contributed by atoms with E-state index in [0.29, 0.717) is 5.75 Å². The summed E-state index contributed by atoms with van der Waals surface area (Å²) in [7, 11) is 1.73. The van der Waals surface area contributed by atoms with E-state index in [1.54, 1.807) is 13.2 Å². The van der Waals surface area contributed by atoms with Crippen molar-refractivity contribution in [2.24, 2.45) is 0 Å². The SMILES string of the molecule is COC(C1=Cc2c(O)cccc2CC=C1)=C1CCC1. The number of hydrogen-bond acceptors (Lipinski definition) is 2. The van der Waals surface area contributed by atoms with Crippen LogP contribution >= 0.6 is 0 Å². The van der Waals surface area contributed by atoms with Gasteiger partial charge in [-0.05, 0) is 49.0 Å². The normalized spacial score (nSPS) is 17.1. The fraction of sp³-hybridized carbons (Fsp3) is 0.294. The molecule has 1 saturated carbocycles. The lowest BCUT2D eigenvalue weighted by Gasteiger charge is -2.21. The van der Waals surface area contributed by atoms with E-state index in [-0.39, 0.29) is 0 Å². The second-order valence-electron chi connectivity index (χ2n) is 5.05. The van der Waals surface area contributed by atoms with Crippen molar-refractivity contribution in [3.05, 3.63) is 58.4 Å². The highest BCUT2D eigenvalue weighted by Crippen LogP contribution is 2.35. The van der Waals surface area contributed by atoms with E-state index in [9.17, 15) is 5.11 Å². The first-order chi connectivity index (χ1) is 9.29. The van der Waals surface area contributed by atoms with Crippen molar-refractivity contribution < 1.29 is 9.84 Å². The molecule has 19 heavy (non-hydrogen) atoms. The number of hydrogen-bond donors (Lipinski definition) is 1. The lowest BCUT2D eigenvalue weighted by atomic mass is 9.89. The molecule has 2 aliphatic rings. The number of fused-ring (bicyclic) bond motifs is 1. The molecular formula is C17H18O2. The third-order valence-corrected chi connectivity index (χ3v) is 3.85. The maximum absolute atomic E-state index is 10.0. The maximum Gasteiger partial charge on any atom is 0.125 e. The van der Waals surface area contributed by atoms with E-state index in [0.717, 1.165) is 41.7 Å². The zero-order valence-corrected chi connectivity index (χ0v) is 11.1. The topological polar surface area (TPSA) is 29.5 Å². The Balaban J connectivity index is 2.09. The van der Waals surface area contributed by atoms with Crippen molar-refractivity contribution in [2.45, 2.75) is 25.7 Å². The highest BCUT2D eigenvalue weighted by atomic mass is 16.5. The molecule has 0 atom stereocenters. The van der Waals surface area contributed by atoms with Gasteiger partial charge in [0.2, 0.25) is 0 Å². The van der Waals surface area contributed by atoms with Crippen molar-refractivity contribution in [3.8, 4) is 5.75 Å². The molecule has 1 N–H and O–H groups in total. The van der Waals surface area contributed by atoms with Gasteiger partial charge in [-0.3, -0.25) is 0 Å². The summed E-state index contributed by atoms with van der Waals surface area (Å²) in [6.45, 7) is 0. The predicted octanol–water partition coefficient (Wildman–Crippen LogP) is 3.97. The molecule has 2 nitrogen and oxygen atoms in total. The molecule has 0 amide bonds. The third kappa shape index (κ3) is 2.19. The molecule has 0 spiro atoms. The molecule has 0 bridgehead atoms. The summed E-state index contributed by atoms with van der Waals surface area (Å²) < 4.78 is 5.58. The number of allylic oxidation sites excluding steroid dienone is 3. The van der Waals surface area contributed by atoms with Crippen molar-refractivity contribution >= 4 is 6.08 Å². The van der Waals surface area contributed by atoms with Gasteiger partial charge >= 0.3 is 0 Å². The standard InChI is InChI=1S/C17H18O2/c1-19-17(13-7-3-8-13)14-9-2-5-12-6-4-10-16(18)15(12)11-14/h2,4,6,9-11,18H,3,5,7-8H2,1H3. The minimum absolute atomic E-state index is 0.341. The van der Waals surface area contributed by atoms with Gasteiger partial charge in [0, 0.05) is 11.1 Å². The first-order valence-corrected chi connectivity index (χ1v) is 6.75. The van der Waals surface area contributed by atoms with Gasteiger partial charge in [0.25, 0.3) is 0 Å². The number of ether oxygens (including phenoxy) is 1. The van der Waals surface area contributed by atoms with Crippen LogP contribution < -0.4 is 0 Å². The minimum atomic E-state index is 0.341. The summed E-state index contributed by atoms with van der Waals surface area (Å²) in [5, 5.41) is 10.0. The molecule has 1 aromatic rings. The monoisotopic (exact) mass is 254 g/mol. The largest absolute Gasteiger partial charge is 0.507 e. The molecule has 0 aliphatic heterocycles. The second kappa shape index (κ2) is 4.96. The molecule has 98 valence electrons. The quantitative estimate of drug-likeness (QED) is 0.809. The average molecular weight is 254 g/mol. The van der Waals surface area contributed by atoms with Crippen LogP contribution in [0.1, 0.15) is 30.4 Å². The van der Waals surface area contributed by atoms with E-state index in [1.165, 1.54) is 12.0 Å². The number of aromatic hydroxyl groups is 1. The highest BCUT2D eigenvalue weighted by molar-refractivity contribution is 5.70.